The molecule has 6 aromatic carbocycles. The van der Waals surface area contributed by atoms with Gasteiger partial charge in [-0.25, -0.2) is 71.9 Å². The molecule has 0 saturated carbocycles. The number of hydrogen-bond acceptors (Lipinski definition) is 23. The minimum atomic E-state index is -4.71. The van der Waals surface area contributed by atoms with Crippen LogP contribution in [-0.2, 0) is 15.8 Å². The molecule has 1 saturated heterocycles. The largest absolute Gasteiger partial charge is 0.494 e. The molecule has 21 rings (SSSR count). The average Bonchev–Trinajstić information content (AvgIpc) is 1.64. The SMILES string of the molecule is Cc1[nH][nH]c(=O)c1C=c1cnn2ccc(=Nc3cccc(Cl)c3)nc12.O=C1CC/C(=C\c2cnn3ccc(Nc4cccc(Cl)c4)nc23)C(=O)N1.O=c1[nH][nH]c(C(F)(F)F)c1C=c1cnn2ccc(=Nc3cccc(Cl)c3)nc12.O=c1[nH]c(O)c(C=c2cnn3ccc(=Nc4ccc(Cl)cc4)nc23)s1.Oc1[nH]c2ccc(F)cc2c1C=c1cnn2ccc(=Nc3cccc(Cl)c3)nc12. The Balaban J connectivity index is 0.000000116. The van der Waals surface area contributed by atoms with Crippen molar-refractivity contribution in [3.63, 3.8) is 0 Å². The molecule has 10 N–H and O–H groups in total. The number of H-pyrrole nitrogens is 6. The first-order valence-corrected chi connectivity index (χ1v) is 42.0. The minimum absolute atomic E-state index is 0.0512. The highest BCUT2D eigenvalue weighted by Gasteiger charge is 2.36. The first kappa shape index (κ1) is 88.6. The third-order valence-electron chi connectivity index (χ3n) is 19.5. The van der Waals surface area contributed by atoms with E-state index in [1.165, 1.54) is 22.8 Å². The van der Waals surface area contributed by atoms with E-state index in [9.17, 15) is 51.7 Å². The number of rotatable bonds is 11. The summed E-state index contributed by atoms with van der Waals surface area (Å²) >= 11 is 30.7. The number of imide groups is 1. The van der Waals surface area contributed by atoms with Crippen LogP contribution in [0.25, 0.3) is 69.5 Å². The lowest BCUT2D eigenvalue weighted by Crippen LogP contribution is -2.35. The molecule has 14 aromatic heterocycles. The summed E-state index contributed by atoms with van der Waals surface area (Å²) in [5.74, 6) is -0.594. The summed E-state index contributed by atoms with van der Waals surface area (Å²) in [5.41, 5.74) is 8.79. The van der Waals surface area contributed by atoms with Crippen molar-refractivity contribution in [1.29, 1.82) is 0 Å². The van der Waals surface area contributed by atoms with Crippen LogP contribution in [0.15, 0.2) is 272 Å². The molecule has 1 fully saturated rings. The van der Waals surface area contributed by atoms with Gasteiger partial charge in [-0.05, 0) is 165 Å². The monoisotopic (exact) mass is 1900 g/mol. The molecule has 2 amide bonds. The van der Waals surface area contributed by atoms with Crippen LogP contribution < -0.4 is 69.5 Å². The summed E-state index contributed by atoms with van der Waals surface area (Å²) in [6.45, 7) is 1.82. The fourth-order valence-electron chi connectivity index (χ4n) is 13.3. The number of fused-ring (bicyclic) bond motifs is 6. The van der Waals surface area contributed by atoms with Gasteiger partial charge in [-0.1, -0.05) is 93.6 Å². The minimum Gasteiger partial charge on any atom is -0.494 e. The number of aromatic amines is 6. The number of nitrogens with one attached hydrogen (secondary N) is 8. The zero-order valence-corrected chi connectivity index (χ0v) is 72.6. The molecule has 0 spiro atoms. The number of carbonyl (C=O) groups excluding carboxylic acids is 2. The Bertz CT molecular complexity index is 8740. The maximum atomic E-state index is 13.7. The molecule has 1 aliphatic rings. The van der Waals surface area contributed by atoms with Crippen molar-refractivity contribution in [2.24, 2.45) is 20.0 Å². The fourth-order valence-corrected chi connectivity index (χ4v) is 14.8. The molecule has 1 aliphatic heterocycles. The summed E-state index contributed by atoms with van der Waals surface area (Å²) in [6, 6.07) is 48.6. The lowest BCUT2D eigenvalue weighted by atomic mass is 10.0. The molecule has 133 heavy (non-hydrogen) atoms. The van der Waals surface area contributed by atoms with E-state index in [1.54, 1.807) is 219 Å². The van der Waals surface area contributed by atoms with Gasteiger partial charge in [0.15, 0.2) is 56.1 Å². The number of halogens is 9. The van der Waals surface area contributed by atoms with Crippen molar-refractivity contribution in [2.45, 2.75) is 25.9 Å². The zero-order valence-electron chi connectivity index (χ0n) is 68.0. The second-order valence-corrected chi connectivity index (χ2v) is 31.9. The number of aryl methyl sites for hydroxylation is 1. The maximum absolute atomic E-state index is 13.7. The highest BCUT2D eigenvalue weighted by Crippen LogP contribution is 2.32. The molecule has 15 heterocycles. The number of hydrogen-bond donors (Lipinski definition) is 10. The summed E-state index contributed by atoms with van der Waals surface area (Å²) < 4.78 is 60.7. The maximum Gasteiger partial charge on any atom is 0.433 e. The van der Waals surface area contributed by atoms with Gasteiger partial charge in [0.05, 0.1) is 69.7 Å². The molecule has 0 unspecified atom stereocenters. The Morgan fingerprint density at radius 1 is 0.451 bits per heavy atom. The third kappa shape index (κ3) is 21.1. The first-order chi connectivity index (χ1) is 64.1. The van der Waals surface area contributed by atoms with Crippen LogP contribution in [0, 0.1) is 12.7 Å². The van der Waals surface area contributed by atoms with E-state index >= 15 is 0 Å². The predicted molar refractivity (Wildman–Crippen MR) is 491 cm³/mol. The van der Waals surface area contributed by atoms with E-state index in [0.29, 0.717) is 154 Å². The van der Waals surface area contributed by atoms with Crippen LogP contribution in [-0.4, -0.2) is 125 Å². The molecule has 34 nitrogen and oxygen atoms in total. The Morgan fingerprint density at radius 2 is 0.917 bits per heavy atom. The standard InChI is InChI=1S/C21H13ClFN5O.C18H14ClN5O2.C17H10ClF3N6O.C17H13ClN6O.C16H10ClN5O2S/c22-13-2-1-3-15(9-13)25-19-6-7-28-20(27-19)12(11-24-28)8-17-16-10-14(23)4-5-18(16)26-21(17)29;19-13-2-1-3-14(9-13)21-15-6-7-24-17(22-15)12(10-20-24)8-11-4-5-16(25)23-18(11)26;18-10-2-1-3-11(7-10)23-13-4-5-27-15(24-13)9(8-22-27)6-12-14(17(19,20)21)25-26-16(12)28;1-10-14(17(25)23-22-10)7-11-9-19-24-6-5-15(21-16(11)24)20-13-4-2-3-12(18)8-13;17-10-1-3-11(4-2-10)19-13-5-6-22-14(20-13)9(8-18-22)7-12-15(23)21-16(24)25-12/h1-11,26,29H;1-3,6-10H,4-5H2,(H,21,22)(H,23,25,26);1-8H,(H2,25,26,28);2-9H,1H3,(H2,22,23,25);1-8,23H,(H,21,24)/b;11-8+;;;. The number of amides is 2. The second-order valence-electron chi connectivity index (χ2n) is 28.7. The molecule has 44 heteroatoms. The molecule has 20 aromatic rings. The number of piperidine rings is 1. The van der Waals surface area contributed by atoms with Crippen molar-refractivity contribution in [2.75, 3.05) is 5.32 Å². The molecule has 0 bridgehead atoms. The number of nitrogens with zero attached hydrogens (tertiary/aromatic N) is 19. The van der Waals surface area contributed by atoms with Crippen LogP contribution in [0.2, 0.25) is 25.1 Å². The van der Waals surface area contributed by atoms with Crippen molar-refractivity contribution in [1.82, 2.24) is 109 Å². The number of benzene rings is 6. The van der Waals surface area contributed by atoms with E-state index in [0.717, 1.165) is 39.7 Å². The van der Waals surface area contributed by atoms with E-state index < -0.39 is 23.0 Å². The summed E-state index contributed by atoms with van der Waals surface area (Å²) in [6.07, 6.45) is 20.4. The molecule has 0 radical (unpaired) electrons. The second kappa shape index (κ2) is 38.5. The number of aromatic nitrogens is 21. The fraction of sp³-hybridized carbons (Fsp3) is 0.0449. The Labute approximate surface area is 769 Å². The molecule has 0 aliphatic carbocycles. The number of carbonyl (C=O) groups is 2. The van der Waals surface area contributed by atoms with Gasteiger partial charge in [-0.2, -0.15) is 38.7 Å². The molecule has 662 valence electrons. The number of alkyl halides is 3. The van der Waals surface area contributed by atoms with Gasteiger partial charge in [0.25, 0.3) is 17.0 Å². The molecular weight excluding hydrogens is 1840 g/mol. The predicted octanol–water partition coefficient (Wildman–Crippen LogP) is 11.7. The lowest BCUT2D eigenvalue weighted by molar-refractivity contribution is -0.141. The third-order valence-corrected chi connectivity index (χ3v) is 21.5. The normalized spacial score (nSPS) is 13.7. The Morgan fingerprint density at radius 3 is 1.41 bits per heavy atom. The van der Waals surface area contributed by atoms with Gasteiger partial charge in [0, 0.05) is 147 Å². The van der Waals surface area contributed by atoms with E-state index in [1.807, 2.05) is 53.5 Å². The Kier molecular flexibility index (Phi) is 25.6. The van der Waals surface area contributed by atoms with Crippen LogP contribution in [0.1, 0.15) is 51.4 Å². The zero-order chi connectivity index (χ0) is 92.7. The van der Waals surface area contributed by atoms with Crippen molar-refractivity contribution < 1.29 is 37.4 Å². The van der Waals surface area contributed by atoms with Gasteiger partial charge in [-0.3, -0.25) is 49.6 Å². The number of thiazole rings is 1. The molecular formula is C89H60Cl5F4N27O7S. The molecule has 0 atom stereocenters. The van der Waals surface area contributed by atoms with Crippen LogP contribution >= 0.6 is 69.3 Å². The summed E-state index contributed by atoms with van der Waals surface area (Å²) in [7, 11) is 0. The topological polar surface area (TPSA) is 445 Å². The van der Waals surface area contributed by atoms with Crippen LogP contribution in [0.5, 0.6) is 11.8 Å². The van der Waals surface area contributed by atoms with E-state index in [-0.39, 0.29) is 50.7 Å². The van der Waals surface area contributed by atoms with E-state index in [2.05, 4.69) is 101 Å². The van der Waals surface area contributed by atoms with Gasteiger partial charge >= 0.3 is 11.0 Å². The Hall–Kier alpha value is -16.5. The van der Waals surface area contributed by atoms with Crippen molar-refractivity contribution >= 4 is 185 Å². The van der Waals surface area contributed by atoms with E-state index in [4.69, 9.17) is 58.0 Å². The first-order valence-electron chi connectivity index (χ1n) is 39.3. The van der Waals surface area contributed by atoms with Gasteiger partial charge in [-0.15, -0.1) is 0 Å². The van der Waals surface area contributed by atoms with Gasteiger partial charge < -0.3 is 25.6 Å². The summed E-state index contributed by atoms with van der Waals surface area (Å²) in [5, 5.41) is 61.5. The highest BCUT2D eigenvalue weighted by atomic mass is 35.5. The van der Waals surface area contributed by atoms with Gasteiger partial charge in [0.2, 0.25) is 11.8 Å². The lowest BCUT2D eigenvalue weighted by Gasteiger charge is -2.13. The van der Waals surface area contributed by atoms with Crippen molar-refractivity contribution in [3.05, 3.63) is 380 Å². The number of anilines is 2. The summed E-state index contributed by atoms with van der Waals surface area (Å²) in [4.78, 5) is 104. The van der Waals surface area contributed by atoms with Crippen molar-refractivity contribution in [3.8, 4) is 11.8 Å². The van der Waals surface area contributed by atoms with Crippen LogP contribution in [0.3, 0.4) is 0 Å². The highest BCUT2D eigenvalue weighted by molar-refractivity contribution is 7.10. The van der Waals surface area contributed by atoms with Crippen LogP contribution in [0.4, 0.5) is 51.8 Å². The number of aromatic hydroxyl groups is 2. The van der Waals surface area contributed by atoms with Gasteiger partial charge in [0.1, 0.15) is 17.3 Å². The smallest absolute Gasteiger partial charge is 0.433 e. The quantitative estimate of drug-likeness (QED) is 0.0327. The average molecular weight is 1900 g/mol.